The minimum absolute atomic E-state index is 0.136. The van der Waals surface area contributed by atoms with Crippen LogP contribution in [0.2, 0.25) is 0 Å². The highest BCUT2D eigenvalue weighted by molar-refractivity contribution is 6.58. The van der Waals surface area contributed by atoms with Crippen molar-refractivity contribution < 1.29 is 19.5 Å². The van der Waals surface area contributed by atoms with Gasteiger partial charge in [-0.25, -0.2) is 0 Å². The van der Waals surface area contributed by atoms with Crippen molar-refractivity contribution in [1.82, 2.24) is 0 Å². The van der Waals surface area contributed by atoms with E-state index >= 15 is 0 Å². The Balaban J connectivity index is 1.54. The van der Waals surface area contributed by atoms with Gasteiger partial charge in [0.25, 0.3) is 0 Å². The molecule has 20 heavy (non-hydrogen) atoms. The number of benzene rings is 1. The zero-order valence-electron chi connectivity index (χ0n) is 11.6. The second-order valence-electron chi connectivity index (χ2n) is 5.93. The first-order valence-corrected chi connectivity index (χ1v) is 7.44. The highest BCUT2D eigenvalue weighted by atomic mass is 16.6. The Labute approximate surface area is 119 Å². The zero-order chi connectivity index (χ0) is 14.0. The molecule has 3 rings (SSSR count). The summed E-state index contributed by atoms with van der Waals surface area (Å²) in [5, 5.41) is 18.3. The van der Waals surface area contributed by atoms with Crippen molar-refractivity contribution in [3.8, 4) is 5.75 Å². The average molecular weight is 276 g/mol. The lowest BCUT2D eigenvalue weighted by molar-refractivity contribution is -0.0508. The molecule has 1 atom stereocenters. The van der Waals surface area contributed by atoms with Gasteiger partial charge in [-0.1, -0.05) is 25.0 Å². The summed E-state index contributed by atoms with van der Waals surface area (Å²) in [5.74, 6) is 0.659. The van der Waals surface area contributed by atoms with E-state index in [2.05, 4.69) is 0 Å². The second-order valence-corrected chi connectivity index (χ2v) is 5.93. The summed E-state index contributed by atoms with van der Waals surface area (Å²) in [5.41, 5.74) is 0.582. The topological polar surface area (TPSA) is 58.9 Å². The normalized spacial score (nSPS) is 24.2. The maximum atomic E-state index is 9.14. The quantitative estimate of drug-likeness (QED) is 0.812. The van der Waals surface area contributed by atoms with Crippen LogP contribution in [0.3, 0.4) is 0 Å². The Bertz CT molecular complexity index is 457. The minimum Gasteiger partial charge on any atom is -0.491 e. The fraction of sp³-hybridized carbons (Fsp3) is 0.600. The molecule has 2 aliphatic rings. The fourth-order valence-corrected chi connectivity index (χ4v) is 3.35. The number of hydrogen-bond acceptors (Lipinski definition) is 4. The van der Waals surface area contributed by atoms with Gasteiger partial charge in [-0.2, -0.15) is 0 Å². The van der Waals surface area contributed by atoms with Gasteiger partial charge in [-0.3, -0.25) is 0 Å². The van der Waals surface area contributed by atoms with Gasteiger partial charge in [-0.05, 0) is 43.3 Å². The van der Waals surface area contributed by atoms with Gasteiger partial charge in [0, 0.05) is 0 Å². The van der Waals surface area contributed by atoms with Gasteiger partial charge >= 0.3 is 7.12 Å². The van der Waals surface area contributed by atoms with Crippen LogP contribution in [-0.2, 0) is 4.74 Å². The Morgan fingerprint density at radius 1 is 1.25 bits per heavy atom. The van der Waals surface area contributed by atoms with Crippen LogP contribution in [0.1, 0.15) is 38.5 Å². The van der Waals surface area contributed by atoms with E-state index in [0.29, 0.717) is 17.8 Å². The fourth-order valence-electron chi connectivity index (χ4n) is 3.35. The molecular formula is C15H21BO4. The molecule has 4 nitrogen and oxygen atoms in total. The van der Waals surface area contributed by atoms with E-state index in [1.807, 2.05) is 6.07 Å². The summed E-state index contributed by atoms with van der Waals surface area (Å²) in [4.78, 5) is 0. The number of rotatable bonds is 4. The molecule has 0 radical (unpaired) electrons. The van der Waals surface area contributed by atoms with E-state index < -0.39 is 7.12 Å². The van der Waals surface area contributed by atoms with Crippen molar-refractivity contribution in [2.75, 3.05) is 6.61 Å². The van der Waals surface area contributed by atoms with Crippen LogP contribution < -0.4 is 10.2 Å². The van der Waals surface area contributed by atoms with Crippen molar-refractivity contribution in [3.05, 3.63) is 24.3 Å². The molecule has 1 aliphatic carbocycles. The first-order chi connectivity index (χ1) is 9.67. The molecule has 1 spiro atoms. The van der Waals surface area contributed by atoms with Crippen molar-refractivity contribution in [1.29, 1.82) is 0 Å². The summed E-state index contributed by atoms with van der Waals surface area (Å²) in [6.07, 6.45) is 7.31. The molecule has 2 fully saturated rings. The number of ether oxygens (including phenoxy) is 2. The van der Waals surface area contributed by atoms with Gasteiger partial charge in [0.2, 0.25) is 0 Å². The van der Waals surface area contributed by atoms with Gasteiger partial charge in [0.15, 0.2) is 0 Å². The number of hydrogen-bond donors (Lipinski definition) is 2. The molecule has 108 valence electrons. The first kappa shape index (κ1) is 13.9. The Hall–Kier alpha value is -1.04. The molecular weight excluding hydrogens is 255 g/mol. The zero-order valence-corrected chi connectivity index (χ0v) is 11.6. The lowest BCUT2D eigenvalue weighted by atomic mass is 9.80. The third kappa shape index (κ3) is 3.00. The van der Waals surface area contributed by atoms with E-state index in [-0.39, 0.29) is 11.7 Å². The molecule has 0 amide bonds. The van der Waals surface area contributed by atoms with Crippen LogP contribution in [0.15, 0.2) is 24.3 Å². The standard InChI is InChI=1S/C15H21BO4/c17-16(18)12-4-3-5-13(10-12)19-11-14-6-9-15(20-14)7-1-2-8-15/h3-5,10,14,17-18H,1-2,6-9,11H2. The predicted molar refractivity (Wildman–Crippen MR) is 77.1 cm³/mol. The molecule has 1 aromatic carbocycles. The van der Waals surface area contributed by atoms with Crippen LogP contribution in [0.4, 0.5) is 0 Å². The lowest BCUT2D eigenvalue weighted by Crippen LogP contribution is -2.30. The Morgan fingerprint density at radius 2 is 2.05 bits per heavy atom. The van der Waals surface area contributed by atoms with Crippen LogP contribution in [0.25, 0.3) is 0 Å². The molecule has 5 heteroatoms. The smallest absolute Gasteiger partial charge is 0.488 e. The molecule has 2 N–H and O–H groups in total. The van der Waals surface area contributed by atoms with Gasteiger partial charge in [0.05, 0.1) is 11.7 Å². The largest absolute Gasteiger partial charge is 0.491 e. The van der Waals surface area contributed by atoms with Gasteiger partial charge < -0.3 is 19.5 Å². The third-order valence-electron chi connectivity index (χ3n) is 4.45. The van der Waals surface area contributed by atoms with Gasteiger partial charge in [0.1, 0.15) is 12.4 Å². The van der Waals surface area contributed by atoms with Crippen molar-refractivity contribution in [2.45, 2.75) is 50.2 Å². The van der Waals surface area contributed by atoms with E-state index in [0.717, 1.165) is 12.8 Å². The SMILES string of the molecule is OB(O)c1cccc(OCC2CCC3(CCCC3)O2)c1. The minimum atomic E-state index is -1.46. The van der Waals surface area contributed by atoms with E-state index in [4.69, 9.17) is 19.5 Å². The maximum Gasteiger partial charge on any atom is 0.488 e. The monoisotopic (exact) mass is 276 g/mol. The molecule has 0 aromatic heterocycles. The van der Waals surface area contributed by atoms with E-state index in [9.17, 15) is 0 Å². The summed E-state index contributed by atoms with van der Waals surface area (Å²) < 4.78 is 11.9. The summed E-state index contributed by atoms with van der Waals surface area (Å²) in [7, 11) is -1.46. The second kappa shape index (κ2) is 5.76. The Morgan fingerprint density at radius 3 is 2.80 bits per heavy atom. The molecule has 1 heterocycles. The molecule has 1 saturated carbocycles. The summed E-state index contributed by atoms with van der Waals surface area (Å²) in [6.45, 7) is 0.534. The molecule has 1 aromatic rings. The average Bonchev–Trinajstić information content (AvgIpc) is 3.08. The highest BCUT2D eigenvalue weighted by Gasteiger charge is 2.42. The van der Waals surface area contributed by atoms with Gasteiger partial charge in [-0.15, -0.1) is 0 Å². The maximum absolute atomic E-state index is 9.14. The van der Waals surface area contributed by atoms with Crippen molar-refractivity contribution in [2.24, 2.45) is 0 Å². The van der Waals surface area contributed by atoms with Crippen molar-refractivity contribution in [3.63, 3.8) is 0 Å². The molecule has 0 bridgehead atoms. The third-order valence-corrected chi connectivity index (χ3v) is 4.45. The predicted octanol–water partition coefficient (Wildman–Crippen LogP) is 1.24. The van der Waals surface area contributed by atoms with Crippen LogP contribution in [0, 0.1) is 0 Å². The molecule has 1 saturated heterocycles. The van der Waals surface area contributed by atoms with Crippen molar-refractivity contribution >= 4 is 12.6 Å². The van der Waals surface area contributed by atoms with Crippen LogP contribution in [0.5, 0.6) is 5.75 Å². The summed E-state index contributed by atoms with van der Waals surface area (Å²) in [6, 6.07) is 6.91. The van der Waals surface area contributed by atoms with Crippen LogP contribution in [-0.4, -0.2) is 35.5 Å². The first-order valence-electron chi connectivity index (χ1n) is 7.44. The highest BCUT2D eigenvalue weighted by Crippen LogP contribution is 2.43. The lowest BCUT2D eigenvalue weighted by Gasteiger charge is -2.23. The van der Waals surface area contributed by atoms with Crippen LogP contribution >= 0.6 is 0 Å². The molecule has 1 aliphatic heterocycles. The molecule has 1 unspecified atom stereocenters. The summed E-state index contributed by atoms with van der Waals surface area (Å²) >= 11 is 0. The van der Waals surface area contributed by atoms with E-state index in [1.165, 1.54) is 25.7 Å². The Kier molecular flexibility index (Phi) is 4.01. The van der Waals surface area contributed by atoms with E-state index in [1.54, 1.807) is 18.2 Å².